The first kappa shape index (κ1) is 17.3. The highest BCUT2D eigenvalue weighted by Gasteiger charge is 2.25. The number of carbonyl (C=O) groups is 1. The van der Waals surface area contributed by atoms with Crippen LogP contribution >= 0.6 is 11.6 Å². The van der Waals surface area contributed by atoms with Gasteiger partial charge in [0.2, 0.25) is 10.0 Å². The van der Waals surface area contributed by atoms with Crippen LogP contribution < -0.4 is 9.83 Å². The third kappa shape index (κ3) is 4.13. The second-order valence-corrected chi connectivity index (χ2v) is 6.65. The molecule has 1 N–H and O–H groups in total. The van der Waals surface area contributed by atoms with Crippen LogP contribution in [0.4, 0.5) is 5.69 Å². The Labute approximate surface area is 125 Å². The summed E-state index contributed by atoms with van der Waals surface area (Å²) in [5, 5.41) is 21.4. The predicted molar refractivity (Wildman–Crippen MR) is 72.1 cm³/mol. The lowest BCUT2D eigenvalue weighted by Crippen LogP contribution is -2.50. The molecule has 0 saturated carbocycles. The molecule has 0 spiro atoms. The lowest BCUT2D eigenvalue weighted by atomic mass is 10.1. The minimum atomic E-state index is -4.26. The third-order valence-electron chi connectivity index (χ3n) is 2.63. The summed E-state index contributed by atoms with van der Waals surface area (Å²) in [5.41, 5.74) is -0.589. The zero-order valence-corrected chi connectivity index (χ0v) is 12.6. The van der Waals surface area contributed by atoms with Crippen molar-refractivity contribution >= 4 is 33.3 Å². The van der Waals surface area contributed by atoms with Gasteiger partial charge in [-0.1, -0.05) is 25.4 Å². The highest BCUT2D eigenvalue weighted by Crippen LogP contribution is 2.27. The van der Waals surface area contributed by atoms with E-state index in [4.69, 9.17) is 11.6 Å². The van der Waals surface area contributed by atoms with Gasteiger partial charge in [0.25, 0.3) is 5.69 Å². The van der Waals surface area contributed by atoms with Crippen molar-refractivity contribution in [3.8, 4) is 0 Å². The largest absolute Gasteiger partial charge is 0.548 e. The van der Waals surface area contributed by atoms with Gasteiger partial charge in [-0.05, 0) is 18.1 Å². The van der Waals surface area contributed by atoms with E-state index in [-0.39, 0.29) is 5.02 Å². The van der Waals surface area contributed by atoms with Crippen LogP contribution in [0.15, 0.2) is 23.1 Å². The van der Waals surface area contributed by atoms with E-state index in [1.54, 1.807) is 0 Å². The van der Waals surface area contributed by atoms with Gasteiger partial charge in [0.1, 0.15) is 5.02 Å². The lowest BCUT2D eigenvalue weighted by molar-refractivity contribution is -0.384. The zero-order chi connectivity index (χ0) is 16.4. The number of benzene rings is 1. The van der Waals surface area contributed by atoms with Crippen molar-refractivity contribution in [2.45, 2.75) is 24.8 Å². The van der Waals surface area contributed by atoms with Crippen LogP contribution in [0.25, 0.3) is 0 Å². The topological polar surface area (TPSA) is 129 Å². The summed E-state index contributed by atoms with van der Waals surface area (Å²) < 4.78 is 26.1. The quantitative estimate of drug-likeness (QED) is 0.588. The molecule has 0 unspecified atom stereocenters. The molecular weight excluding hydrogens is 324 g/mol. The summed E-state index contributed by atoms with van der Waals surface area (Å²) in [7, 11) is -4.26. The first-order valence-corrected chi connectivity index (χ1v) is 7.59. The summed E-state index contributed by atoms with van der Waals surface area (Å²) in [5.74, 6) is -2.15. The number of rotatable bonds is 6. The molecule has 21 heavy (non-hydrogen) atoms. The Bertz CT molecular complexity index is 673. The summed E-state index contributed by atoms with van der Waals surface area (Å²) in [6, 6.07) is 1.41. The van der Waals surface area contributed by atoms with E-state index in [9.17, 15) is 28.4 Å². The molecule has 1 aromatic rings. The minimum absolute atomic E-state index is 0.223. The molecule has 10 heteroatoms. The Morgan fingerprint density at radius 2 is 1.95 bits per heavy atom. The average Bonchev–Trinajstić information content (AvgIpc) is 2.35. The third-order valence-corrected chi connectivity index (χ3v) is 4.39. The van der Waals surface area contributed by atoms with E-state index < -0.39 is 43.5 Å². The van der Waals surface area contributed by atoms with E-state index in [0.717, 1.165) is 18.2 Å². The number of aliphatic carboxylic acids is 1. The van der Waals surface area contributed by atoms with Gasteiger partial charge in [0, 0.05) is 6.07 Å². The average molecular weight is 336 g/mol. The Hall–Kier alpha value is -1.71. The molecule has 0 fully saturated rings. The maximum absolute atomic E-state index is 12.1. The standard InChI is InChI=1S/C11H13ClN2O6S/c1-6(2)10(11(15)16)13-21(19,20)7-3-4-8(12)9(5-7)14(17)18/h3-6,10,13H,1-2H3,(H,15,16)/p-1/t10-/m0/s1. The van der Waals surface area contributed by atoms with Crippen LogP contribution in [0.5, 0.6) is 0 Å². The Balaban J connectivity index is 3.22. The molecule has 0 saturated heterocycles. The minimum Gasteiger partial charge on any atom is -0.548 e. The second-order valence-electron chi connectivity index (χ2n) is 4.53. The Kier molecular flexibility index (Phi) is 5.26. The summed E-state index contributed by atoms with van der Waals surface area (Å²) in [4.78, 5) is 20.4. The summed E-state index contributed by atoms with van der Waals surface area (Å²) in [6.45, 7) is 2.99. The van der Waals surface area contributed by atoms with Crippen molar-refractivity contribution < 1.29 is 23.2 Å². The first-order valence-electron chi connectivity index (χ1n) is 5.73. The molecule has 0 aromatic heterocycles. The lowest BCUT2D eigenvalue weighted by Gasteiger charge is -2.23. The molecule has 0 aliphatic rings. The number of hydrogen-bond acceptors (Lipinski definition) is 6. The summed E-state index contributed by atoms with van der Waals surface area (Å²) >= 11 is 5.59. The van der Waals surface area contributed by atoms with Crippen LogP contribution in [-0.2, 0) is 14.8 Å². The maximum atomic E-state index is 12.1. The Morgan fingerprint density at radius 3 is 2.38 bits per heavy atom. The van der Waals surface area contributed by atoms with Crippen molar-refractivity contribution in [1.29, 1.82) is 0 Å². The molecule has 0 bridgehead atoms. The van der Waals surface area contributed by atoms with Crippen molar-refractivity contribution in [3.63, 3.8) is 0 Å². The molecule has 1 atom stereocenters. The van der Waals surface area contributed by atoms with Gasteiger partial charge in [-0.25, -0.2) is 13.1 Å². The molecule has 0 radical (unpaired) electrons. The fraction of sp³-hybridized carbons (Fsp3) is 0.364. The molecule has 8 nitrogen and oxygen atoms in total. The number of nitro benzene ring substituents is 1. The number of nitrogens with zero attached hydrogens (tertiary/aromatic N) is 1. The monoisotopic (exact) mass is 335 g/mol. The second kappa shape index (κ2) is 6.37. The van der Waals surface area contributed by atoms with Gasteiger partial charge >= 0.3 is 0 Å². The van der Waals surface area contributed by atoms with Gasteiger partial charge < -0.3 is 9.90 Å². The number of carbonyl (C=O) groups excluding carboxylic acids is 1. The summed E-state index contributed by atoms with van der Waals surface area (Å²) in [6.07, 6.45) is 0. The maximum Gasteiger partial charge on any atom is 0.289 e. The van der Waals surface area contributed by atoms with E-state index in [1.165, 1.54) is 13.8 Å². The molecule has 0 heterocycles. The van der Waals surface area contributed by atoms with Crippen molar-refractivity contribution in [2.24, 2.45) is 5.92 Å². The number of carboxylic acid groups (broad SMARTS) is 1. The van der Waals surface area contributed by atoms with Crippen LogP contribution in [0.3, 0.4) is 0 Å². The van der Waals surface area contributed by atoms with E-state index >= 15 is 0 Å². The van der Waals surface area contributed by atoms with Crippen molar-refractivity contribution in [2.75, 3.05) is 0 Å². The van der Waals surface area contributed by atoms with E-state index in [1.807, 2.05) is 4.72 Å². The number of halogens is 1. The van der Waals surface area contributed by atoms with Gasteiger partial charge in [0.05, 0.1) is 21.8 Å². The van der Waals surface area contributed by atoms with Gasteiger partial charge in [0.15, 0.2) is 0 Å². The molecule has 0 amide bonds. The van der Waals surface area contributed by atoms with Crippen LogP contribution in [-0.4, -0.2) is 25.4 Å². The predicted octanol–water partition coefficient (Wildman–Crippen LogP) is 0.301. The van der Waals surface area contributed by atoms with Gasteiger partial charge in [-0.2, -0.15) is 0 Å². The van der Waals surface area contributed by atoms with Crippen molar-refractivity contribution in [3.05, 3.63) is 33.3 Å². The molecule has 1 aromatic carbocycles. The number of carboxylic acids is 1. The molecule has 1 rings (SSSR count). The fourth-order valence-electron chi connectivity index (χ4n) is 1.49. The Morgan fingerprint density at radius 1 is 1.38 bits per heavy atom. The first-order chi connectivity index (χ1) is 9.56. The number of hydrogen-bond donors (Lipinski definition) is 1. The van der Waals surface area contributed by atoms with Crippen LogP contribution in [0, 0.1) is 16.0 Å². The highest BCUT2D eigenvalue weighted by atomic mass is 35.5. The van der Waals surface area contributed by atoms with Crippen molar-refractivity contribution in [1.82, 2.24) is 4.72 Å². The molecular formula is C11H12ClN2O6S-. The van der Waals surface area contributed by atoms with Gasteiger partial charge in [-0.3, -0.25) is 10.1 Å². The number of sulfonamides is 1. The SMILES string of the molecule is CC(C)[C@H](NS(=O)(=O)c1ccc(Cl)c([N+](=O)[O-])c1)C(=O)[O-]. The molecule has 0 aliphatic carbocycles. The normalized spacial score (nSPS) is 13.1. The highest BCUT2D eigenvalue weighted by molar-refractivity contribution is 7.89. The number of nitrogens with one attached hydrogen (secondary N) is 1. The van der Waals surface area contributed by atoms with Gasteiger partial charge in [-0.15, -0.1) is 0 Å². The van der Waals surface area contributed by atoms with E-state index in [2.05, 4.69) is 0 Å². The molecule has 116 valence electrons. The van der Waals surface area contributed by atoms with Crippen LogP contribution in [0.1, 0.15) is 13.8 Å². The smallest absolute Gasteiger partial charge is 0.289 e. The zero-order valence-electron chi connectivity index (χ0n) is 11.1. The number of nitro groups is 1. The molecule has 0 aliphatic heterocycles. The van der Waals surface area contributed by atoms with Crippen LogP contribution in [0.2, 0.25) is 5.02 Å². The fourth-order valence-corrected chi connectivity index (χ4v) is 3.03. The van der Waals surface area contributed by atoms with E-state index in [0.29, 0.717) is 0 Å².